The Balaban J connectivity index is 2.51. The van der Waals surface area contributed by atoms with Gasteiger partial charge in [-0.2, -0.15) is 0 Å². The number of carbonyl (C=O) groups is 1. The molecule has 1 aliphatic rings. The molecule has 0 amide bonds. The number of carboxylic acid groups (broad SMARTS) is 1. The number of carboxylic acids is 1. The van der Waals surface area contributed by atoms with Crippen molar-refractivity contribution >= 4 is 16.0 Å². The lowest BCUT2D eigenvalue weighted by Gasteiger charge is -2.33. The van der Waals surface area contributed by atoms with Gasteiger partial charge in [0, 0.05) is 19.1 Å². The monoisotopic (exact) mass is 278 g/mol. The third-order valence-corrected chi connectivity index (χ3v) is 4.57. The summed E-state index contributed by atoms with van der Waals surface area (Å²) in [7, 11) is -3.12. The molecule has 0 bridgehead atoms. The number of piperidine rings is 1. The normalized spacial score (nSPS) is 21.1. The van der Waals surface area contributed by atoms with Crippen molar-refractivity contribution in [2.45, 2.75) is 38.8 Å². The number of rotatable bonds is 5. The topological polar surface area (TPSA) is 86.7 Å². The molecule has 0 aromatic carbocycles. The second-order valence-electron chi connectivity index (χ2n) is 5.16. The first-order valence-electron chi connectivity index (χ1n) is 6.15. The first-order chi connectivity index (χ1) is 8.21. The number of sulfonamides is 1. The van der Waals surface area contributed by atoms with Crippen LogP contribution in [0.15, 0.2) is 0 Å². The maximum atomic E-state index is 11.3. The molecule has 1 atom stereocenters. The van der Waals surface area contributed by atoms with E-state index in [4.69, 9.17) is 5.11 Å². The molecule has 0 radical (unpaired) electrons. The Morgan fingerprint density at radius 1 is 1.33 bits per heavy atom. The van der Waals surface area contributed by atoms with Gasteiger partial charge in [0.05, 0.1) is 6.26 Å². The molecule has 1 saturated heterocycles. The lowest BCUT2D eigenvalue weighted by Crippen LogP contribution is -2.51. The van der Waals surface area contributed by atoms with Gasteiger partial charge in [0.15, 0.2) is 0 Å². The number of nitrogens with one attached hydrogen (secondary N) is 1. The van der Waals surface area contributed by atoms with Crippen molar-refractivity contribution in [1.29, 1.82) is 0 Å². The van der Waals surface area contributed by atoms with Crippen LogP contribution in [-0.4, -0.2) is 55.2 Å². The summed E-state index contributed by atoms with van der Waals surface area (Å²) >= 11 is 0. The van der Waals surface area contributed by atoms with Crippen LogP contribution in [0.2, 0.25) is 0 Å². The summed E-state index contributed by atoms with van der Waals surface area (Å²) in [5.74, 6) is -0.842. The summed E-state index contributed by atoms with van der Waals surface area (Å²) in [4.78, 5) is 11.1. The smallest absolute Gasteiger partial charge is 0.320 e. The summed E-state index contributed by atoms with van der Waals surface area (Å²) < 4.78 is 24.1. The fourth-order valence-electron chi connectivity index (χ4n) is 2.16. The number of aliphatic carboxylic acids is 1. The van der Waals surface area contributed by atoms with Gasteiger partial charge < -0.3 is 10.4 Å². The molecule has 1 fully saturated rings. The van der Waals surface area contributed by atoms with Crippen LogP contribution < -0.4 is 5.32 Å². The first kappa shape index (κ1) is 15.4. The first-order valence-corrected chi connectivity index (χ1v) is 8.00. The van der Waals surface area contributed by atoms with Crippen LogP contribution in [0.4, 0.5) is 0 Å². The Morgan fingerprint density at radius 2 is 1.83 bits per heavy atom. The summed E-state index contributed by atoms with van der Waals surface area (Å²) in [5.41, 5.74) is 0. The summed E-state index contributed by atoms with van der Waals surface area (Å²) in [6.45, 7) is 4.64. The number of hydrogen-bond donors (Lipinski definition) is 2. The molecule has 0 aromatic rings. The predicted octanol–water partition coefficient (Wildman–Crippen LogP) is 0.109. The standard InChI is InChI=1S/C11H22N2O4S/c1-8(2)10(11(14)15)12-9-4-6-13(7-5-9)18(3,16)17/h8-10,12H,4-7H2,1-3H3,(H,14,15). The van der Waals surface area contributed by atoms with E-state index in [9.17, 15) is 13.2 Å². The number of nitrogens with zero attached hydrogens (tertiary/aromatic N) is 1. The molecule has 0 saturated carbocycles. The lowest BCUT2D eigenvalue weighted by atomic mass is 10.00. The van der Waals surface area contributed by atoms with E-state index >= 15 is 0 Å². The average Bonchev–Trinajstić information content (AvgIpc) is 2.24. The Labute approximate surface area is 108 Å². The molecular formula is C11H22N2O4S. The van der Waals surface area contributed by atoms with Gasteiger partial charge in [-0.15, -0.1) is 0 Å². The fourth-order valence-corrected chi connectivity index (χ4v) is 3.03. The largest absolute Gasteiger partial charge is 0.480 e. The van der Waals surface area contributed by atoms with Crippen LogP contribution in [0.1, 0.15) is 26.7 Å². The molecule has 1 aliphatic heterocycles. The van der Waals surface area contributed by atoms with E-state index in [1.807, 2.05) is 13.8 Å². The van der Waals surface area contributed by atoms with Crippen LogP contribution in [0, 0.1) is 5.92 Å². The molecule has 2 N–H and O–H groups in total. The zero-order valence-corrected chi connectivity index (χ0v) is 11.9. The van der Waals surface area contributed by atoms with Gasteiger partial charge in [-0.3, -0.25) is 4.79 Å². The highest BCUT2D eigenvalue weighted by atomic mass is 32.2. The van der Waals surface area contributed by atoms with Gasteiger partial charge in [0.2, 0.25) is 10.0 Å². The van der Waals surface area contributed by atoms with E-state index in [-0.39, 0.29) is 12.0 Å². The molecular weight excluding hydrogens is 256 g/mol. The predicted molar refractivity (Wildman–Crippen MR) is 68.8 cm³/mol. The van der Waals surface area contributed by atoms with Gasteiger partial charge >= 0.3 is 5.97 Å². The molecule has 1 heterocycles. The average molecular weight is 278 g/mol. The zero-order valence-electron chi connectivity index (χ0n) is 11.1. The highest BCUT2D eigenvalue weighted by molar-refractivity contribution is 7.88. The molecule has 0 aromatic heterocycles. The van der Waals surface area contributed by atoms with Crippen LogP contribution in [0.5, 0.6) is 0 Å². The molecule has 18 heavy (non-hydrogen) atoms. The molecule has 0 spiro atoms. The quantitative estimate of drug-likeness (QED) is 0.745. The van der Waals surface area contributed by atoms with E-state index in [0.29, 0.717) is 25.9 Å². The van der Waals surface area contributed by atoms with E-state index in [1.54, 1.807) is 0 Å². The summed E-state index contributed by atoms with van der Waals surface area (Å²) in [6, 6.07) is -0.494. The van der Waals surface area contributed by atoms with Crippen LogP contribution in [0.25, 0.3) is 0 Å². The molecule has 1 unspecified atom stereocenters. The van der Waals surface area contributed by atoms with Crippen molar-refractivity contribution in [2.24, 2.45) is 5.92 Å². The minimum Gasteiger partial charge on any atom is -0.480 e. The second-order valence-corrected chi connectivity index (χ2v) is 7.15. The maximum absolute atomic E-state index is 11.3. The molecule has 1 rings (SSSR count). The Bertz CT molecular complexity index is 386. The van der Waals surface area contributed by atoms with Crippen molar-refractivity contribution in [3.63, 3.8) is 0 Å². The van der Waals surface area contributed by atoms with Crippen molar-refractivity contribution in [3.8, 4) is 0 Å². The Morgan fingerprint density at radius 3 is 2.17 bits per heavy atom. The van der Waals surface area contributed by atoms with E-state index < -0.39 is 22.0 Å². The van der Waals surface area contributed by atoms with E-state index in [0.717, 1.165) is 0 Å². The molecule has 6 nitrogen and oxygen atoms in total. The van der Waals surface area contributed by atoms with E-state index in [1.165, 1.54) is 10.6 Å². The summed E-state index contributed by atoms with van der Waals surface area (Å²) in [6.07, 6.45) is 2.52. The van der Waals surface area contributed by atoms with Crippen molar-refractivity contribution < 1.29 is 18.3 Å². The van der Waals surface area contributed by atoms with Crippen molar-refractivity contribution in [1.82, 2.24) is 9.62 Å². The van der Waals surface area contributed by atoms with E-state index in [2.05, 4.69) is 5.32 Å². The Hall–Kier alpha value is -0.660. The number of hydrogen-bond acceptors (Lipinski definition) is 4. The highest BCUT2D eigenvalue weighted by Gasteiger charge is 2.29. The fraction of sp³-hybridized carbons (Fsp3) is 0.909. The minimum atomic E-state index is -3.12. The molecule has 0 aliphatic carbocycles. The zero-order chi connectivity index (χ0) is 13.9. The molecule has 106 valence electrons. The van der Waals surface area contributed by atoms with Gasteiger partial charge in [0.25, 0.3) is 0 Å². The van der Waals surface area contributed by atoms with Gasteiger partial charge in [-0.05, 0) is 18.8 Å². The van der Waals surface area contributed by atoms with Gasteiger partial charge in [-0.1, -0.05) is 13.8 Å². The van der Waals surface area contributed by atoms with Gasteiger partial charge in [0.1, 0.15) is 6.04 Å². The lowest BCUT2D eigenvalue weighted by molar-refractivity contribution is -0.141. The third-order valence-electron chi connectivity index (χ3n) is 3.27. The van der Waals surface area contributed by atoms with Crippen LogP contribution >= 0.6 is 0 Å². The van der Waals surface area contributed by atoms with Gasteiger partial charge in [-0.25, -0.2) is 12.7 Å². The Kier molecular flexibility index (Phi) is 5.12. The van der Waals surface area contributed by atoms with Crippen molar-refractivity contribution in [3.05, 3.63) is 0 Å². The maximum Gasteiger partial charge on any atom is 0.320 e. The summed E-state index contributed by atoms with van der Waals surface area (Å²) in [5, 5.41) is 12.2. The third kappa shape index (κ3) is 4.22. The second kappa shape index (κ2) is 5.99. The minimum absolute atomic E-state index is 0.00966. The van der Waals surface area contributed by atoms with Crippen molar-refractivity contribution in [2.75, 3.05) is 19.3 Å². The SMILES string of the molecule is CC(C)C(NC1CCN(S(C)(=O)=O)CC1)C(=O)O. The molecule has 7 heteroatoms. The van der Waals surface area contributed by atoms with Crippen LogP contribution in [-0.2, 0) is 14.8 Å². The highest BCUT2D eigenvalue weighted by Crippen LogP contribution is 2.15. The van der Waals surface area contributed by atoms with Crippen LogP contribution in [0.3, 0.4) is 0 Å².